The molecule has 4 aliphatic heterocycles. The van der Waals surface area contributed by atoms with Crippen LogP contribution in [0.15, 0.2) is 41.0 Å². The molecule has 0 aromatic heterocycles. The van der Waals surface area contributed by atoms with Gasteiger partial charge in [-0.3, -0.25) is 4.79 Å². The van der Waals surface area contributed by atoms with Crippen LogP contribution in [0, 0.1) is 52.3 Å². The number of aromatic carboxylic acids is 1. The number of allylic oxidation sites excluding steroid dienone is 2. The summed E-state index contributed by atoms with van der Waals surface area (Å²) >= 11 is 0. The molecule has 2 aromatic carbocycles. The molecule has 4 spiro atoms. The molecule has 3 saturated heterocycles. The van der Waals surface area contributed by atoms with E-state index in [4.69, 9.17) is 18.9 Å². The lowest BCUT2D eigenvalue weighted by Gasteiger charge is -2.64. The fraction of sp³-hybridized carbons (Fsp3) is 0.698. The number of ether oxygens (including phenoxy) is 4. The fourth-order valence-electron chi connectivity index (χ4n) is 18.0. The molecule has 12 heteroatoms. The number of ketones is 1. The van der Waals surface area contributed by atoms with Gasteiger partial charge in [0.05, 0.1) is 35.3 Å². The number of rotatable bonds is 6. The van der Waals surface area contributed by atoms with Crippen LogP contribution in [0.25, 0.3) is 10.8 Å². The number of fused-ring (bicyclic) bond motifs is 6. The van der Waals surface area contributed by atoms with Crippen molar-refractivity contribution in [1.82, 2.24) is 0 Å². The number of aryl methyl sites for hydroxylation is 1. The number of phenolic OH excluding ortho intramolecular Hbond substituents is 1. The highest BCUT2D eigenvalue weighted by atomic mass is 16.7. The number of aliphatic hydroxyl groups excluding tert-OH is 4. The molecule has 4 heterocycles. The van der Waals surface area contributed by atoms with Crippen LogP contribution >= 0.6 is 0 Å². The number of aromatic hydroxyl groups is 1. The molecular formula is C53H66O12. The topological polar surface area (TPSA) is 192 Å². The fourth-order valence-corrected chi connectivity index (χ4v) is 18.0. The van der Waals surface area contributed by atoms with Crippen molar-refractivity contribution in [1.29, 1.82) is 0 Å². The molecule has 2 aromatic rings. The Kier molecular flexibility index (Phi) is 9.79. The largest absolute Gasteiger partial charge is 0.506 e. The van der Waals surface area contributed by atoms with E-state index in [0.717, 1.165) is 12.8 Å². The van der Waals surface area contributed by atoms with Crippen molar-refractivity contribution in [3.05, 3.63) is 57.7 Å². The van der Waals surface area contributed by atoms with Gasteiger partial charge in [0, 0.05) is 18.6 Å². The number of phenols is 1. The first-order chi connectivity index (χ1) is 31.2. The second-order valence-electron chi connectivity index (χ2n) is 22.9. The van der Waals surface area contributed by atoms with Gasteiger partial charge in [-0.05, 0) is 183 Å². The summed E-state index contributed by atoms with van der Waals surface area (Å²) in [5, 5.41) is 70.3. The Morgan fingerprint density at radius 1 is 0.938 bits per heavy atom. The first-order valence-corrected chi connectivity index (χ1v) is 24.9. The predicted molar refractivity (Wildman–Crippen MR) is 237 cm³/mol. The molecule has 12 nitrogen and oxygen atoms in total. The Morgan fingerprint density at radius 2 is 1.72 bits per heavy atom. The Balaban J connectivity index is 0.946. The molecule has 0 radical (unpaired) electrons. The van der Waals surface area contributed by atoms with E-state index in [1.807, 2.05) is 0 Å². The molecule has 10 aliphatic rings. The average Bonchev–Trinajstić information content (AvgIpc) is 4.05. The third kappa shape index (κ3) is 5.86. The van der Waals surface area contributed by atoms with Gasteiger partial charge >= 0.3 is 5.97 Å². The number of carboxylic acid groups (broad SMARTS) is 1. The highest BCUT2D eigenvalue weighted by Crippen LogP contribution is 2.76. The Hall–Kier alpha value is -3.36. The van der Waals surface area contributed by atoms with Crippen molar-refractivity contribution in [3.8, 4) is 11.5 Å². The first kappa shape index (κ1) is 43.0. The van der Waals surface area contributed by atoms with Gasteiger partial charge in [0.1, 0.15) is 35.4 Å². The number of carboxylic acids is 1. The van der Waals surface area contributed by atoms with E-state index in [2.05, 4.69) is 6.08 Å². The SMILES string of the molecule is CC(=O)c1c(C)cc2cc(C(=O)O)cc(OC3OC4C(O)CCC5OC4(CC4C6=C5CC=C6C5(CCO)COCC6CC7(CCC8(CCCC89CCCC9)C7)CC4C65)C(O)C3O)c2c1O. The number of carbonyl (C=O) groups excluding carboxylic acids is 1. The monoisotopic (exact) mass is 894 g/mol. The minimum Gasteiger partial charge on any atom is -0.506 e. The van der Waals surface area contributed by atoms with E-state index in [1.165, 1.54) is 100.0 Å². The summed E-state index contributed by atoms with van der Waals surface area (Å²) in [6.45, 7) is 4.33. The van der Waals surface area contributed by atoms with Crippen LogP contribution in [0.5, 0.6) is 11.5 Å². The van der Waals surface area contributed by atoms with Gasteiger partial charge < -0.3 is 49.6 Å². The molecule has 12 rings (SSSR count). The number of hydrogen-bond donors (Lipinski definition) is 6. The minimum atomic E-state index is -1.71. The summed E-state index contributed by atoms with van der Waals surface area (Å²) < 4.78 is 27.1. The lowest BCUT2D eigenvalue weighted by molar-refractivity contribution is -0.336. The summed E-state index contributed by atoms with van der Waals surface area (Å²) in [6.07, 6.45) is 12.6. The second-order valence-corrected chi connectivity index (χ2v) is 22.9. The molecule has 6 N–H and O–H groups in total. The van der Waals surface area contributed by atoms with E-state index in [9.17, 15) is 40.2 Å². The van der Waals surface area contributed by atoms with Gasteiger partial charge in [0.2, 0.25) is 6.29 Å². The summed E-state index contributed by atoms with van der Waals surface area (Å²) in [5.74, 6) is -1.47. The minimum absolute atomic E-state index is 0.0568. The number of Topliss-reactive ketones (excluding diaryl/α,β-unsaturated/α-hetero) is 1. The molecule has 14 unspecified atom stereocenters. The van der Waals surface area contributed by atoms with E-state index in [-0.39, 0.29) is 63.2 Å². The van der Waals surface area contributed by atoms with Crippen molar-refractivity contribution in [2.75, 3.05) is 19.8 Å². The lowest BCUT2D eigenvalue weighted by atomic mass is 9.42. The molecule has 6 aliphatic carbocycles. The Morgan fingerprint density at radius 3 is 2.49 bits per heavy atom. The van der Waals surface area contributed by atoms with Gasteiger partial charge in [-0.25, -0.2) is 4.79 Å². The lowest BCUT2D eigenvalue weighted by Crippen LogP contribution is -2.71. The molecule has 2 bridgehead atoms. The Bertz CT molecular complexity index is 2410. The average molecular weight is 895 g/mol. The summed E-state index contributed by atoms with van der Waals surface area (Å²) in [5.41, 5.74) is 3.27. The quantitative estimate of drug-likeness (QED) is 0.157. The maximum absolute atomic E-state index is 12.8. The molecule has 8 fully saturated rings. The maximum atomic E-state index is 12.8. The normalized spacial score (nSPS) is 43.3. The van der Waals surface area contributed by atoms with Gasteiger partial charge in [0.25, 0.3) is 0 Å². The van der Waals surface area contributed by atoms with Crippen LogP contribution in [0.3, 0.4) is 0 Å². The zero-order chi connectivity index (χ0) is 45.0. The van der Waals surface area contributed by atoms with E-state index < -0.39 is 54.2 Å². The van der Waals surface area contributed by atoms with Crippen molar-refractivity contribution in [2.24, 2.45) is 45.3 Å². The molecule has 14 atom stereocenters. The van der Waals surface area contributed by atoms with Crippen LogP contribution in [-0.4, -0.2) is 105 Å². The zero-order valence-electron chi connectivity index (χ0n) is 37.9. The smallest absolute Gasteiger partial charge is 0.335 e. The van der Waals surface area contributed by atoms with Gasteiger partial charge in [0.15, 0.2) is 5.78 Å². The summed E-state index contributed by atoms with van der Waals surface area (Å²) in [6, 6.07) is 4.22. The highest BCUT2D eigenvalue weighted by Gasteiger charge is 2.71. The van der Waals surface area contributed by atoms with Gasteiger partial charge in [-0.15, -0.1) is 0 Å². The third-order valence-electron chi connectivity index (χ3n) is 20.1. The van der Waals surface area contributed by atoms with Crippen LogP contribution in [0.4, 0.5) is 0 Å². The summed E-state index contributed by atoms with van der Waals surface area (Å²) in [7, 11) is 0. The summed E-state index contributed by atoms with van der Waals surface area (Å²) in [4.78, 5) is 25.1. The maximum Gasteiger partial charge on any atom is 0.335 e. The van der Waals surface area contributed by atoms with E-state index in [0.29, 0.717) is 73.0 Å². The molecule has 0 amide bonds. The van der Waals surface area contributed by atoms with Crippen LogP contribution in [0.1, 0.15) is 142 Å². The van der Waals surface area contributed by atoms with Crippen LogP contribution in [0.2, 0.25) is 0 Å². The van der Waals surface area contributed by atoms with Gasteiger partial charge in [-0.2, -0.15) is 0 Å². The Labute approximate surface area is 380 Å². The number of carbonyl (C=O) groups is 2. The van der Waals surface area contributed by atoms with Crippen LogP contribution in [-0.2, 0) is 14.2 Å². The van der Waals surface area contributed by atoms with E-state index >= 15 is 0 Å². The highest BCUT2D eigenvalue weighted by molar-refractivity contribution is 6.08. The standard InChI is InChI=1S/C53H66O12/c1-27-18-29-19-30(47(60)61)20-38(40(29)43(57)39(27)28(2)55)63-48-44(58)45(59)53-23-33-34-22-49(14-15-51(25-49)13-5-12-50(51)10-3-4-11-50)21-31-24-62-26-52(16-17-54,42(31)34)35-7-6-32(41(33)35)37(65-53)9-8-36(56)46(53)64-48/h7,18-20,31,33-34,36-37,42,44-46,48,54,56-59H,3-6,8-17,21-26H2,1-2H3,(H,60,61). The van der Waals surface area contributed by atoms with Crippen molar-refractivity contribution >= 4 is 22.5 Å². The van der Waals surface area contributed by atoms with Crippen molar-refractivity contribution in [3.63, 3.8) is 0 Å². The molecule has 65 heavy (non-hydrogen) atoms. The van der Waals surface area contributed by atoms with E-state index in [1.54, 1.807) is 13.0 Å². The third-order valence-corrected chi connectivity index (χ3v) is 20.1. The number of aliphatic hydroxyl groups is 4. The first-order valence-electron chi connectivity index (χ1n) is 24.9. The molecule has 5 saturated carbocycles. The second kappa shape index (κ2) is 14.8. The molecular weight excluding hydrogens is 829 g/mol. The number of benzene rings is 2. The zero-order valence-corrected chi connectivity index (χ0v) is 37.9. The van der Waals surface area contributed by atoms with Crippen LogP contribution < -0.4 is 4.74 Å². The van der Waals surface area contributed by atoms with Gasteiger partial charge in [-0.1, -0.05) is 31.4 Å². The predicted octanol–water partition coefficient (Wildman–Crippen LogP) is 7.46. The van der Waals surface area contributed by atoms with Crippen molar-refractivity contribution < 1.29 is 59.2 Å². The number of hydrogen-bond acceptors (Lipinski definition) is 11. The van der Waals surface area contributed by atoms with Crippen molar-refractivity contribution in [2.45, 2.75) is 165 Å². The molecule has 350 valence electrons.